The lowest BCUT2D eigenvalue weighted by Crippen LogP contribution is -2.35. The lowest BCUT2D eigenvalue weighted by atomic mass is 9.77. The van der Waals surface area contributed by atoms with Gasteiger partial charge in [-0.2, -0.15) is 5.26 Å². The molecule has 5 N–H and O–H groups in total. The van der Waals surface area contributed by atoms with Crippen LogP contribution in [0.3, 0.4) is 0 Å². The fourth-order valence-electron chi connectivity index (χ4n) is 15.1. The molecule has 1 aromatic heterocycles. The molecule has 5 aromatic carbocycles. The predicted molar refractivity (Wildman–Crippen MR) is 511 cm³/mol. The number of amides is 3. The maximum Gasteiger partial charge on any atom is 0.340 e. The summed E-state index contributed by atoms with van der Waals surface area (Å²) < 4.78 is 82.6. The first-order valence-electron chi connectivity index (χ1n) is 46.0. The number of carboxylic acid groups (broad SMARTS) is 1. The largest absolute Gasteiger partial charge is 0.545 e. The van der Waals surface area contributed by atoms with Crippen molar-refractivity contribution in [1.29, 1.82) is 6.69 Å². The van der Waals surface area contributed by atoms with Crippen molar-refractivity contribution in [3.05, 3.63) is 192 Å². The van der Waals surface area contributed by atoms with E-state index < -0.39 is 93.0 Å². The number of hydrogen-bond acceptors (Lipinski definition) is 26. The molecule has 1 aliphatic carbocycles. The SMILES string of the molecule is CC(C)N(C(C)C)P(OCCC#N)OCCCCCCNC(=O)c1ccc2c(c1)C1(OC2=O)c2ccc(OC(=O)C(C)(C)C)cc2Oc2cc(OC(=O)C(C)(C)C)ccc21.[2H]CC1OC(n2cc(/C=C/C(=O)NCCCCCCNC(=O)c3ccc(C(=O)[O-])c(-c4c5ccc(=[N+](C)C)cc-5oc5cc(N(C)C)ccc45)c3)c(=O)[nH]c2=O)CC1OP(OC=NCC)N(C(C)C)C(C)C.[3H]OC. The molecule has 1 fully saturated rings. The lowest BCUT2D eigenvalue weighted by molar-refractivity contribution is -0.255. The number of fused-ring (bicyclic) bond motifs is 8. The maximum absolute atomic E-state index is 13.7. The van der Waals surface area contributed by atoms with E-state index in [1.54, 1.807) is 102 Å². The number of hydrogen-bond donors (Lipinski definition) is 5. The van der Waals surface area contributed by atoms with E-state index in [4.69, 9.17) is 54.3 Å². The smallest absolute Gasteiger partial charge is 0.340 e. The normalized spacial score (nSPS) is 15.6. The van der Waals surface area contributed by atoms with Gasteiger partial charge >= 0.3 is 32.1 Å². The number of aromatic amines is 1. The highest BCUT2D eigenvalue weighted by Gasteiger charge is 2.54. The van der Waals surface area contributed by atoms with Gasteiger partial charge in [0.15, 0.2) is 12.0 Å². The zero-order valence-electron chi connectivity index (χ0n) is 81.9. The van der Waals surface area contributed by atoms with E-state index in [1.165, 1.54) is 48.6 Å². The van der Waals surface area contributed by atoms with Crippen molar-refractivity contribution in [3.8, 4) is 51.5 Å². The molecule has 5 heterocycles. The molecular formula is C99H129N11O21P2. The number of nitrogens with zero attached hydrogens (tertiary/aromatic N) is 7. The van der Waals surface area contributed by atoms with Crippen LogP contribution >= 0.6 is 17.1 Å². The zero-order valence-corrected chi connectivity index (χ0v) is 81.7. The molecule has 0 bridgehead atoms. The first-order chi connectivity index (χ1) is 64.1. The number of nitrogens with one attached hydrogen (secondary N) is 4. The number of rotatable bonds is 39. The van der Waals surface area contributed by atoms with Crippen LogP contribution in [-0.2, 0) is 47.6 Å². The summed E-state index contributed by atoms with van der Waals surface area (Å²) in [6, 6.07) is 33.2. The summed E-state index contributed by atoms with van der Waals surface area (Å²) in [4.78, 5) is 126. The number of aromatic nitrogens is 2. The van der Waals surface area contributed by atoms with E-state index in [0.29, 0.717) is 120 Å². The van der Waals surface area contributed by atoms with Gasteiger partial charge in [0, 0.05) is 171 Å². The second-order valence-corrected chi connectivity index (χ2v) is 38.6. The molecule has 133 heavy (non-hydrogen) atoms. The van der Waals surface area contributed by atoms with Crippen LogP contribution in [0.1, 0.15) is 246 Å². The van der Waals surface area contributed by atoms with Gasteiger partial charge < -0.3 is 82.1 Å². The molecule has 32 nitrogen and oxygen atoms in total. The predicted octanol–water partition coefficient (Wildman–Crippen LogP) is 15.1. The minimum absolute atomic E-state index is 0.0553. The van der Waals surface area contributed by atoms with Crippen LogP contribution < -0.4 is 61.3 Å². The second-order valence-electron chi connectivity index (χ2n) is 35.8. The van der Waals surface area contributed by atoms with Crippen LogP contribution in [0.4, 0.5) is 5.69 Å². The number of carboxylic acids is 1. The molecule has 34 heteroatoms. The summed E-state index contributed by atoms with van der Waals surface area (Å²) >= 11 is 0. The first-order valence-corrected chi connectivity index (χ1v) is 47.1. The number of carbonyl (C=O) groups is 7. The van der Waals surface area contributed by atoms with Crippen LogP contribution in [0.25, 0.3) is 39.5 Å². The van der Waals surface area contributed by atoms with E-state index >= 15 is 0 Å². The number of aliphatic hydroxyl groups is 1. The third-order valence-electron chi connectivity index (χ3n) is 21.8. The zero-order chi connectivity index (χ0) is 98.9. The Labute approximate surface area is 783 Å². The van der Waals surface area contributed by atoms with E-state index in [-0.39, 0.29) is 89.0 Å². The number of esters is 3. The van der Waals surface area contributed by atoms with Gasteiger partial charge in [-0.25, -0.2) is 23.5 Å². The first kappa shape index (κ1) is 102. The number of carbonyl (C=O) groups excluding carboxylic acids is 7. The van der Waals surface area contributed by atoms with Gasteiger partial charge in [0.1, 0.15) is 54.7 Å². The summed E-state index contributed by atoms with van der Waals surface area (Å²) in [5.41, 5.74) is 0.906. The molecule has 0 radical (unpaired) electrons. The number of aromatic carboxylic acids is 1. The minimum atomic E-state index is -1.64. The number of aliphatic imine (C=N–C) groups is 1. The number of benzene rings is 6. The van der Waals surface area contributed by atoms with Gasteiger partial charge in [0.25, 0.3) is 25.9 Å². The van der Waals surface area contributed by atoms with E-state index in [1.807, 2.05) is 109 Å². The number of aliphatic hydroxyl groups excluding tert-OH is 1. The summed E-state index contributed by atoms with van der Waals surface area (Å²) in [5.74, 6) is -2.43. The molecule has 3 amide bonds. The minimum Gasteiger partial charge on any atom is -0.545 e. The number of anilines is 1. The summed E-state index contributed by atoms with van der Waals surface area (Å²) in [5, 5.41) is 35.4. The topological polar surface area (TPSA) is 399 Å². The van der Waals surface area contributed by atoms with Crippen LogP contribution in [0.15, 0.2) is 140 Å². The lowest BCUT2D eigenvalue weighted by Gasteiger charge is -2.37. The molecule has 716 valence electrons. The van der Waals surface area contributed by atoms with Crippen molar-refractivity contribution in [3.63, 3.8) is 0 Å². The molecule has 5 unspecified atom stereocenters. The Morgan fingerprint density at radius 1 is 0.722 bits per heavy atom. The molecule has 5 atom stereocenters. The molecule has 5 aliphatic rings. The number of nitriles is 1. The van der Waals surface area contributed by atoms with Gasteiger partial charge in [0.05, 0.1) is 71.9 Å². The quantitative estimate of drug-likeness (QED) is 0.00275. The maximum atomic E-state index is 13.7. The molecule has 0 saturated carbocycles. The van der Waals surface area contributed by atoms with Gasteiger partial charge in [-0.1, -0.05) is 31.7 Å². The molecular weight excluding hydrogens is 1740 g/mol. The van der Waals surface area contributed by atoms with Crippen molar-refractivity contribution in [1.82, 2.24) is 39.4 Å². The van der Waals surface area contributed by atoms with Crippen molar-refractivity contribution in [2.45, 2.75) is 223 Å². The van der Waals surface area contributed by atoms with Crippen molar-refractivity contribution >= 4 is 87.8 Å². The van der Waals surface area contributed by atoms with Crippen molar-refractivity contribution in [2.24, 2.45) is 15.8 Å². The van der Waals surface area contributed by atoms with E-state index in [9.17, 15) is 48.3 Å². The summed E-state index contributed by atoms with van der Waals surface area (Å²) in [6.07, 6.45) is 9.88. The summed E-state index contributed by atoms with van der Waals surface area (Å²) in [6.45, 7) is 31.4. The molecule has 1 saturated heterocycles. The Hall–Kier alpha value is -11.4. The van der Waals surface area contributed by atoms with Crippen LogP contribution in [0, 0.1) is 22.2 Å². The Kier molecular flexibility index (Phi) is 36.9. The van der Waals surface area contributed by atoms with Gasteiger partial charge in [-0.05, 0) is 221 Å². The van der Waals surface area contributed by atoms with Crippen LogP contribution in [-0.4, -0.2) is 184 Å². The summed E-state index contributed by atoms with van der Waals surface area (Å²) in [7, 11) is 6.07. The molecule has 1 spiro atoms. The third kappa shape index (κ3) is 27.0. The van der Waals surface area contributed by atoms with Gasteiger partial charge in [0.2, 0.25) is 12.7 Å². The number of unbranched alkanes of at least 4 members (excludes halogenated alkanes) is 6. The Bertz CT molecular complexity index is 5680. The molecule has 6 aromatic rings. The van der Waals surface area contributed by atoms with Gasteiger partial charge in [-0.15, -0.1) is 0 Å². The Morgan fingerprint density at radius 3 is 1.84 bits per heavy atom. The number of ether oxygens (including phenoxy) is 5. The third-order valence-corrected chi connectivity index (χ3v) is 26.0. The van der Waals surface area contributed by atoms with E-state index in [0.717, 1.165) is 49.6 Å². The van der Waals surface area contributed by atoms with Gasteiger partial charge in [-0.3, -0.25) is 43.3 Å². The fourth-order valence-corrected chi connectivity index (χ4v) is 18.4. The molecule has 11 rings (SSSR count). The number of H-pyrrole nitrogens is 1. The van der Waals surface area contributed by atoms with Crippen molar-refractivity contribution in [2.75, 3.05) is 79.6 Å². The Morgan fingerprint density at radius 2 is 1.29 bits per heavy atom. The highest BCUT2D eigenvalue weighted by Crippen LogP contribution is 2.58. The highest BCUT2D eigenvalue weighted by atomic mass is 31.2. The fraction of sp³-hybridized carbons (Fsp3) is 0.475. The van der Waals surface area contributed by atoms with Crippen LogP contribution in [0.2, 0.25) is 0 Å². The average Bonchev–Trinajstić information content (AvgIpc) is 1.56. The van der Waals surface area contributed by atoms with Crippen molar-refractivity contribution < 1.29 is 91.3 Å². The highest BCUT2D eigenvalue weighted by molar-refractivity contribution is 7.45. The standard InChI is InChI=1S/C52H67N8O10P.C46H58N3O10P.CH4O/c1-11-53-31-67-71(60(32(2)3)33(4)5)70-43-29-47(68-34(43)6)59-30-36(50(63)56-52(59)66)17-23-46(61)54-24-14-12-13-15-25-55-49(62)35-16-20-39(51(64)65)42(26-35)48-40-21-18-37(57(7)8)27-44(40)69-45-28-38(58(9)10)19-22-41(45)48;1-29(2)49(30(3)4)60(55-25-15-22-47)54-24-14-12-11-13-23-48-40(50)31-16-19-34-37(26-31)46(59-41(34)51)35-20-17-32(56-42(52)44(5,6)7)27-38(35)58-39-28-33(18-21-36(39)46)57-43(53)45(8,9)10;1-2/h16-23,26-28,30-34,43,47H,11-15,24-25,29H2,1-10H3,(H3-,54,55,56,61,62,63,64,65,66);16-21,26-30H,11-15,23-25H2,1-10H3,(H,48,50);2H,1H3/b23-17+,53-31?;;/i6D;;2T. The monoisotopic (exact) mass is 1870 g/mol. The molecule has 4 aliphatic heterocycles. The van der Waals surface area contributed by atoms with E-state index in [2.05, 4.69) is 74.1 Å². The second kappa shape index (κ2) is 48.0. The average molecular weight is 1870 g/mol. The Balaban J connectivity index is 0.000000299. The van der Waals surface area contributed by atoms with Crippen LogP contribution in [0.5, 0.6) is 23.0 Å².